The molecule has 0 saturated heterocycles. The summed E-state index contributed by atoms with van der Waals surface area (Å²) in [7, 11) is 0. The van der Waals surface area contributed by atoms with Gasteiger partial charge >= 0.3 is 0 Å². The third-order valence-electron chi connectivity index (χ3n) is 2.33. The highest BCUT2D eigenvalue weighted by molar-refractivity contribution is 5.75. The summed E-state index contributed by atoms with van der Waals surface area (Å²) in [6.07, 6.45) is 13.2. The summed E-state index contributed by atoms with van der Waals surface area (Å²) < 4.78 is 0. The molecule has 0 bridgehead atoms. The summed E-state index contributed by atoms with van der Waals surface area (Å²) in [4.78, 5) is 11.3. The first-order chi connectivity index (χ1) is 7.31. The predicted molar refractivity (Wildman–Crippen MR) is 64.5 cm³/mol. The summed E-state index contributed by atoms with van der Waals surface area (Å²) in [5, 5.41) is 2.93. The van der Waals surface area contributed by atoms with Gasteiger partial charge < -0.3 is 5.32 Å². The third-order valence-corrected chi connectivity index (χ3v) is 2.33. The number of unbranched alkanes of at least 4 members (excludes halogenated alkanes) is 5. The van der Waals surface area contributed by atoms with Crippen LogP contribution in [-0.2, 0) is 4.79 Å². The molecule has 0 aromatic carbocycles. The summed E-state index contributed by atoms with van der Waals surface area (Å²) in [5.74, 6) is 2.75. The van der Waals surface area contributed by atoms with Gasteiger partial charge in [0.25, 0.3) is 0 Å². The minimum atomic E-state index is 0.170. The number of amides is 1. The van der Waals surface area contributed by atoms with Crippen molar-refractivity contribution in [1.29, 1.82) is 0 Å². The molecule has 0 unspecified atom stereocenters. The zero-order valence-corrected chi connectivity index (χ0v) is 9.85. The molecule has 0 heterocycles. The van der Waals surface area contributed by atoms with Crippen LogP contribution >= 0.6 is 0 Å². The van der Waals surface area contributed by atoms with Crippen LogP contribution in [-0.4, -0.2) is 12.5 Å². The van der Waals surface area contributed by atoms with E-state index < -0.39 is 0 Å². The number of rotatable bonds is 9. The number of terminal acetylenes is 1. The lowest BCUT2D eigenvalue weighted by molar-refractivity contribution is -0.121. The minimum absolute atomic E-state index is 0.170. The van der Waals surface area contributed by atoms with E-state index in [2.05, 4.69) is 18.2 Å². The fourth-order valence-corrected chi connectivity index (χ4v) is 1.38. The fraction of sp³-hybridized carbons (Fsp3) is 0.769. The van der Waals surface area contributed by atoms with Gasteiger partial charge in [0.2, 0.25) is 5.91 Å². The molecule has 86 valence electrons. The van der Waals surface area contributed by atoms with E-state index in [4.69, 9.17) is 6.42 Å². The molecule has 0 rings (SSSR count). The average Bonchev–Trinajstić information content (AvgIpc) is 2.24. The molecule has 0 aromatic rings. The zero-order chi connectivity index (χ0) is 11.4. The number of hydrogen-bond donors (Lipinski definition) is 1. The lowest BCUT2D eigenvalue weighted by Gasteiger charge is -2.04. The van der Waals surface area contributed by atoms with E-state index in [0.29, 0.717) is 6.42 Å². The van der Waals surface area contributed by atoms with Crippen LogP contribution in [0.3, 0.4) is 0 Å². The first-order valence-corrected chi connectivity index (χ1v) is 6.01. The van der Waals surface area contributed by atoms with E-state index in [1.807, 2.05) is 0 Å². The van der Waals surface area contributed by atoms with Gasteiger partial charge in [0.1, 0.15) is 0 Å². The second-order valence-corrected chi connectivity index (χ2v) is 3.82. The van der Waals surface area contributed by atoms with E-state index in [9.17, 15) is 4.79 Å². The van der Waals surface area contributed by atoms with E-state index in [1.165, 1.54) is 19.3 Å². The molecule has 0 aliphatic rings. The number of nitrogens with one attached hydrogen (secondary N) is 1. The lowest BCUT2D eigenvalue weighted by Crippen LogP contribution is -2.23. The molecule has 0 radical (unpaired) electrons. The van der Waals surface area contributed by atoms with Crippen molar-refractivity contribution in [3.05, 3.63) is 0 Å². The van der Waals surface area contributed by atoms with E-state index in [0.717, 1.165) is 32.2 Å². The third kappa shape index (κ3) is 11.0. The Labute approximate surface area is 93.8 Å². The van der Waals surface area contributed by atoms with Crippen molar-refractivity contribution in [2.24, 2.45) is 0 Å². The second-order valence-electron chi connectivity index (χ2n) is 3.82. The van der Waals surface area contributed by atoms with E-state index >= 15 is 0 Å². The van der Waals surface area contributed by atoms with Crippen LogP contribution in [0.5, 0.6) is 0 Å². The van der Waals surface area contributed by atoms with Crippen LogP contribution in [0.15, 0.2) is 0 Å². The topological polar surface area (TPSA) is 29.1 Å². The van der Waals surface area contributed by atoms with Crippen LogP contribution in [0.2, 0.25) is 0 Å². The molecular formula is C13H23NO. The molecule has 0 aliphatic heterocycles. The first kappa shape index (κ1) is 14.0. The number of carbonyl (C=O) groups excluding carboxylic acids is 1. The Hall–Kier alpha value is -0.970. The van der Waals surface area contributed by atoms with Gasteiger partial charge in [-0.2, -0.15) is 0 Å². The van der Waals surface area contributed by atoms with Crippen molar-refractivity contribution in [2.45, 2.75) is 58.3 Å². The van der Waals surface area contributed by atoms with Crippen molar-refractivity contribution in [2.75, 3.05) is 6.54 Å². The van der Waals surface area contributed by atoms with Gasteiger partial charge in [-0.15, -0.1) is 12.3 Å². The van der Waals surface area contributed by atoms with Crippen LogP contribution in [0.25, 0.3) is 0 Å². The maximum Gasteiger partial charge on any atom is 0.219 e. The van der Waals surface area contributed by atoms with Gasteiger partial charge in [0.05, 0.1) is 0 Å². The van der Waals surface area contributed by atoms with Crippen molar-refractivity contribution >= 4 is 5.91 Å². The molecule has 0 fully saturated rings. The summed E-state index contributed by atoms with van der Waals surface area (Å²) in [5.41, 5.74) is 0. The summed E-state index contributed by atoms with van der Waals surface area (Å²) in [6, 6.07) is 0. The molecule has 15 heavy (non-hydrogen) atoms. The Morgan fingerprint density at radius 2 is 2.00 bits per heavy atom. The molecule has 0 aliphatic carbocycles. The Bertz CT molecular complexity index is 193. The maximum atomic E-state index is 11.3. The molecule has 2 nitrogen and oxygen atoms in total. The highest BCUT2D eigenvalue weighted by Crippen LogP contribution is 2.00. The number of carbonyl (C=O) groups is 1. The van der Waals surface area contributed by atoms with Gasteiger partial charge in [-0.05, 0) is 19.3 Å². The summed E-state index contributed by atoms with van der Waals surface area (Å²) >= 11 is 0. The molecule has 0 atom stereocenters. The first-order valence-electron chi connectivity index (χ1n) is 6.01. The molecule has 1 amide bonds. The van der Waals surface area contributed by atoms with Crippen molar-refractivity contribution in [3.63, 3.8) is 0 Å². The molecule has 0 aromatic heterocycles. The molecule has 2 heteroatoms. The van der Waals surface area contributed by atoms with Crippen LogP contribution in [0.4, 0.5) is 0 Å². The average molecular weight is 209 g/mol. The maximum absolute atomic E-state index is 11.3. The highest BCUT2D eigenvalue weighted by atomic mass is 16.1. The highest BCUT2D eigenvalue weighted by Gasteiger charge is 1.99. The Morgan fingerprint density at radius 3 is 2.67 bits per heavy atom. The molecule has 0 saturated carbocycles. The van der Waals surface area contributed by atoms with Gasteiger partial charge in [-0.1, -0.05) is 26.2 Å². The normalized spacial score (nSPS) is 9.60. The lowest BCUT2D eigenvalue weighted by atomic mass is 10.2. The minimum Gasteiger partial charge on any atom is -0.356 e. The molecule has 1 N–H and O–H groups in total. The molecular weight excluding hydrogens is 186 g/mol. The smallest absolute Gasteiger partial charge is 0.219 e. The van der Waals surface area contributed by atoms with Gasteiger partial charge in [0, 0.05) is 19.4 Å². The van der Waals surface area contributed by atoms with Gasteiger partial charge in [0.15, 0.2) is 0 Å². The Morgan fingerprint density at radius 1 is 1.20 bits per heavy atom. The van der Waals surface area contributed by atoms with Crippen LogP contribution < -0.4 is 5.32 Å². The fourth-order valence-electron chi connectivity index (χ4n) is 1.38. The van der Waals surface area contributed by atoms with Crippen LogP contribution in [0.1, 0.15) is 58.3 Å². The Kier molecular flexibility index (Phi) is 10.4. The largest absolute Gasteiger partial charge is 0.356 e. The summed E-state index contributed by atoms with van der Waals surface area (Å²) in [6.45, 7) is 3.01. The van der Waals surface area contributed by atoms with E-state index in [-0.39, 0.29) is 5.91 Å². The van der Waals surface area contributed by atoms with Crippen molar-refractivity contribution in [3.8, 4) is 12.3 Å². The van der Waals surface area contributed by atoms with Gasteiger partial charge in [-0.25, -0.2) is 0 Å². The quantitative estimate of drug-likeness (QED) is 0.459. The van der Waals surface area contributed by atoms with Gasteiger partial charge in [-0.3, -0.25) is 4.79 Å². The van der Waals surface area contributed by atoms with Crippen molar-refractivity contribution in [1.82, 2.24) is 5.32 Å². The Balaban J connectivity index is 3.16. The second kappa shape index (κ2) is 11.1. The van der Waals surface area contributed by atoms with E-state index in [1.54, 1.807) is 0 Å². The predicted octanol–water partition coefficient (Wildman–Crippen LogP) is 2.88. The van der Waals surface area contributed by atoms with Crippen molar-refractivity contribution < 1.29 is 4.79 Å². The molecule has 0 spiro atoms. The SMILES string of the molecule is C#CCCCCC(=O)NCCCCCC. The standard InChI is InChI=1S/C13H23NO/c1-3-5-7-9-11-13(15)14-12-10-8-6-4-2/h1H,4-12H2,2H3,(H,14,15). The number of hydrogen-bond acceptors (Lipinski definition) is 1. The van der Waals surface area contributed by atoms with Crippen LogP contribution in [0, 0.1) is 12.3 Å². The zero-order valence-electron chi connectivity index (χ0n) is 9.85. The monoisotopic (exact) mass is 209 g/mol.